The lowest BCUT2D eigenvalue weighted by molar-refractivity contribution is -0.119. The summed E-state index contributed by atoms with van der Waals surface area (Å²) in [6.45, 7) is 1.92. The number of aromatic nitrogens is 3. The SMILES string of the molecule is C[C@H](NC(=O)CSc1nnc(-c2cccc(F)c2)n1N)c1ccccc1. The molecule has 1 amide bonds. The van der Waals surface area contributed by atoms with Crippen molar-refractivity contribution in [2.75, 3.05) is 11.6 Å². The number of hydrogen-bond donors (Lipinski definition) is 2. The van der Waals surface area contributed by atoms with E-state index in [0.29, 0.717) is 16.5 Å². The van der Waals surface area contributed by atoms with Gasteiger partial charge in [-0.2, -0.15) is 0 Å². The lowest BCUT2D eigenvalue weighted by atomic mass is 10.1. The van der Waals surface area contributed by atoms with Crippen molar-refractivity contribution in [2.45, 2.75) is 18.1 Å². The van der Waals surface area contributed by atoms with Crippen LogP contribution in [-0.2, 0) is 4.79 Å². The molecule has 3 aromatic rings. The van der Waals surface area contributed by atoms with Crippen LogP contribution >= 0.6 is 11.8 Å². The molecular weight excluding hydrogens is 353 g/mol. The van der Waals surface area contributed by atoms with Crippen LogP contribution in [0.4, 0.5) is 4.39 Å². The predicted octanol–water partition coefficient (Wildman–Crippen LogP) is 2.77. The number of benzene rings is 2. The highest BCUT2D eigenvalue weighted by atomic mass is 32.2. The second-order valence-corrected chi connectivity index (χ2v) is 6.62. The highest BCUT2D eigenvalue weighted by Gasteiger charge is 2.15. The second kappa shape index (κ2) is 8.01. The molecule has 2 aromatic carbocycles. The number of nitrogen functional groups attached to an aromatic ring is 1. The summed E-state index contributed by atoms with van der Waals surface area (Å²) in [5, 5.41) is 11.3. The first-order valence-corrected chi connectivity index (χ1v) is 8.96. The Kier molecular flexibility index (Phi) is 5.52. The van der Waals surface area contributed by atoms with Crippen LogP contribution in [0.15, 0.2) is 59.8 Å². The van der Waals surface area contributed by atoms with Crippen LogP contribution in [0.1, 0.15) is 18.5 Å². The number of carbonyl (C=O) groups is 1. The molecule has 3 N–H and O–H groups in total. The van der Waals surface area contributed by atoms with Crippen molar-refractivity contribution in [3.63, 3.8) is 0 Å². The summed E-state index contributed by atoms with van der Waals surface area (Å²) >= 11 is 1.17. The molecule has 0 bridgehead atoms. The van der Waals surface area contributed by atoms with E-state index >= 15 is 0 Å². The van der Waals surface area contributed by atoms with Gasteiger partial charge >= 0.3 is 0 Å². The molecule has 1 aromatic heterocycles. The van der Waals surface area contributed by atoms with Gasteiger partial charge in [-0.05, 0) is 24.6 Å². The van der Waals surface area contributed by atoms with Crippen LogP contribution in [0, 0.1) is 5.82 Å². The Balaban J connectivity index is 1.61. The van der Waals surface area contributed by atoms with Gasteiger partial charge in [0.05, 0.1) is 11.8 Å². The molecule has 0 aliphatic carbocycles. The fourth-order valence-corrected chi connectivity index (χ4v) is 3.11. The molecule has 0 radical (unpaired) electrons. The quantitative estimate of drug-likeness (QED) is 0.514. The van der Waals surface area contributed by atoms with Gasteiger partial charge in [-0.25, -0.2) is 9.07 Å². The first-order valence-electron chi connectivity index (χ1n) is 7.98. The van der Waals surface area contributed by atoms with Crippen molar-refractivity contribution < 1.29 is 9.18 Å². The molecule has 0 aliphatic heterocycles. The summed E-state index contributed by atoms with van der Waals surface area (Å²) in [5.74, 6) is 5.95. The van der Waals surface area contributed by atoms with Crippen molar-refractivity contribution >= 4 is 17.7 Å². The molecule has 6 nitrogen and oxygen atoms in total. The first-order chi connectivity index (χ1) is 12.5. The lowest BCUT2D eigenvalue weighted by Gasteiger charge is -2.13. The Morgan fingerprint density at radius 2 is 2.00 bits per heavy atom. The number of nitrogens with one attached hydrogen (secondary N) is 1. The zero-order valence-electron chi connectivity index (χ0n) is 14.1. The van der Waals surface area contributed by atoms with E-state index in [2.05, 4.69) is 15.5 Å². The number of carbonyl (C=O) groups excluding carboxylic acids is 1. The molecule has 0 spiro atoms. The molecule has 0 saturated carbocycles. The van der Waals surface area contributed by atoms with Crippen LogP contribution < -0.4 is 11.2 Å². The van der Waals surface area contributed by atoms with Gasteiger partial charge in [0.25, 0.3) is 0 Å². The van der Waals surface area contributed by atoms with Gasteiger partial charge in [0.15, 0.2) is 5.82 Å². The molecule has 0 saturated heterocycles. The Bertz CT molecular complexity index is 900. The topological polar surface area (TPSA) is 85.8 Å². The fourth-order valence-electron chi connectivity index (χ4n) is 2.44. The van der Waals surface area contributed by atoms with E-state index < -0.39 is 0 Å². The third kappa shape index (κ3) is 4.20. The average molecular weight is 371 g/mol. The molecule has 0 fully saturated rings. The van der Waals surface area contributed by atoms with E-state index in [1.165, 1.54) is 28.6 Å². The average Bonchev–Trinajstić information content (AvgIpc) is 3.01. The molecular formula is C18H18FN5OS. The summed E-state index contributed by atoms with van der Waals surface area (Å²) in [5.41, 5.74) is 1.55. The standard InChI is InChI=1S/C18H18FN5OS/c1-12(13-6-3-2-4-7-13)21-16(25)11-26-18-23-22-17(24(18)20)14-8-5-9-15(19)10-14/h2-10,12H,11,20H2,1H3,(H,21,25)/t12-/m0/s1. The zero-order valence-corrected chi connectivity index (χ0v) is 14.9. The van der Waals surface area contributed by atoms with Crippen molar-refractivity contribution in [1.82, 2.24) is 20.2 Å². The van der Waals surface area contributed by atoms with Crippen LogP contribution in [0.5, 0.6) is 0 Å². The summed E-state index contributed by atoms with van der Waals surface area (Å²) in [6.07, 6.45) is 0. The van der Waals surface area contributed by atoms with Gasteiger partial charge in [0.1, 0.15) is 5.82 Å². The highest BCUT2D eigenvalue weighted by Crippen LogP contribution is 2.22. The van der Waals surface area contributed by atoms with Gasteiger partial charge in [-0.1, -0.05) is 54.2 Å². The Hall–Kier alpha value is -2.87. The third-order valence-electron chi connectivity index (χ3n) is 3.76. The van der Waals surface area contributed by atoms with E-state index in [1.807, 2.05) is 37.3 Å². The maximum atomic E-state index is 13.4. The maximum Gasteiger partial charge on any atom is 0.230 e. The van der Waals surface area contributed by atoms with Gasteiger partial charge in [-0.15, -0.1) is 10.2 Å². The Labute approximate surface area is 154 Å². The fraction of sp³-hybridized carbons (Fsp3) is 0.167. The third-order valence-corrected chi connectivity index (χ3v) is 4.70. The molecule has 3 rings (SSSR count). The number of nitrogens with two attached hydrogens (primary N) is 1. The molecule has 0 aliphatic rings. The number of halogens is 1. The van der Waals surface area contributed by atoms with Gasteiger partial charge in [-0.3, -0.25) is 4.79 Å². The van der Waals surface area contributed by atoms with Crippen LogP contribution in [0.2, 0.25) is 0 Å². The summed E-state index contributed by atoms with van der Waals surface area (Å²) < 4.78 is 14.6. The monoisotopic (exact) mass is 371 g/mol. The molecule has 0 unspecified atom stereocenters. The lowest BCUT2D eigenvalue weighted by Crippen LogP contribution is -2.28. The molecule has 8 heteroatoms. The van der Waals surface area contributed by atoms with Crippen LogP contribution in [0.3, 0.4) is 0 Å². The minimum absolute atomic E-state index is 0.0945. The van der Waals surface area contributed by atoms with E-state index in [0.717, 1.165) is 5.56 Å². The molecule has 1 heterocycles. The number of amides is 1. The first kappa shape index (κ1) is 17.9. The molecule has 26 heavy (non-hydrogen) atoms. The zero-order chi connectivity index (χ0) is 18.5. The maximum absolute atomic E-state index is 13.4. The largest absolute Gasteiger partial charge is 0.349 e. The number of rotatable bonds is 6. The Morgan fingerprint density at radius 1 is 1.23 bits per heavy atom. The van der Waals surface area contributed by atoms with E-state index in [4.69, 9.17) is 5.84 Å². The highest BCUT2D eigenvalue weighted by molar-refractivity contribution is 7.99. The van der Waals surface area contributed by atoms with Crippen molar-refractivity contribution in [3.05, 3.63) is 66.0 Å². The number of nitrogens with zero attached hydrogens (tertiary/aromatic N) is 3. The smallest absolute Gasteiger partial charge is 0.230 e. The van der Waals surface area contributed by atoms with Gasteiger partial charge < -0.3 is 11.2 Å². The van der Waals surface area contributed by atoms with Crippen molar-refractivity contribution in [2.24, 2.45) is 0 Å². The van der Waals surface area contributed by atoms with E-state index in [1.54, 1.807) is 12.1 Å². The van der Waals surface area contributed by atoms with Gasteiger partial charge in [0, 0.05) is 5.56 Å². The second-order valence-electron chi connectivity index (χ2n) is 5.68. The summed E-state index contributed by atoms with van der Waals surface area (Å²) in [4.78, 5) is 12.2. The minimum Gasteiger partial charge on any atom is -0.349 e. The van der Waals surface area contributed by atoms with E-state index in [-0.39, 0.29) is 23.5 Å². The number of thioether (sulfide) groups is 1. The van der Waals surface area contributed by atoms with Crippen LogP contribution in [-0.4, -0.2) is 26.5 Å². The normalized spacial score (nSPS) is 11.9. The summed E-state index contributed by atoms with van der Waals surface area (Å²) in [7, 11) is 0. The Morgan fingerprint density at radius 3 is 2.73 bits per heavy atom. The number of hydrogen-bond acceptors (Lipinski definition) is 5. The minimum atomic E-state index is -0.381. The predicted molar refractivity (Wildman–Crippen MR) is 99.3 cm³/mol. The molecule has 1 atom stereocenters. The van der Waals surface area contributed by atoms with Crippen LogP contribution in [0.25, 0.3) is 11.4 Å². The van der Waals surface area contributed by atoms with E-state index in [9.17, 15) is 9.18 Å². The molecule has 134 valence electrons. The summed E-state index contributed by atoms with van der Waals surface area (Å²) in [6, 6.07) is 15.5. The van der Waals surface area contributed by atoms with Gasteiger partial charge in [0.2, 0.25) is 11.1 Å². The van der Waals surface area contributed by atoms with Crippen molar-refractivity contribution in [1.29, 1.82) is 0 Å². The van der Waals surface area contributed by atoms with Crippen molar-refractivity contribution in [3.8, 4) is 11.4 Å².